The number of nitro benzene ring substituents is 1. The molecule has 1 amide bonds. The molecule has 28 heavy (non-hydrogen) atoms. The Hall–Kier alpha value is -3.30. The number of nitrogens with one attached hydrogen (secondary N) is 1. The van der Waals surface area contributed by atoms with E-state index in [0.29, 0.717) is 30.6 Å². The van der Waals surface area contributed by atoms with Gasteiger partial charge in [-0.15, -0.1) is 13.2 Å². The third-order valence-corrected chi connectivity index (χ3v) is 4.21. The normalized spacial score (nSPS) is 13.6. The minimum absolute atomic E-state index is 0.0848. The van der Waals surface area contributed by atoms with Gasteiger partial charge in [0.05, 0.1) is 11.5 Å². The van der Waals surface area contributed by atoms with Crippen LogP contribution in [0.15, 0.2) is 42.5 Å². The number of carbonyl (C=O) groups excluding carboxylic acids is 1. The monoisotopic (exact) mass is 395 g/mol. The number of para-hydroxylation sites is 2. The van der Waals surface area contributed by atoms with Crippen LogP contribution in [0.4, 0.5) is 30.2 Å². The molecule has 1 aliphatic rings. The topological polar surface area (TPSA) is 84.7 Å². The lowest BCUT2D eigenvalue weighted by Crippen LogP contribution is -2.36. The van der Waals surface area contributed by atoms with Crippen molar-refractivity contribution < 1.29 is 27.6 Å². The van der Waals surface area contributed by atoms with Crippen LogP contribution in [0.5, 0.6) is 5.75 Å². The summed E-state index contributed by atoms with van der Waals surface area (Å²) in [6, 6.07) is 9.78. The van der Waals surface area contributed by atoms with Crippen LogP contribution in [-0.4, -0.2) is 30.3 Å². The van der Waals surface area contributed by atoms with Gasteiger partial charge in [0, 0.05) is 18.3 Å². The number of rotatable bonds is 5. The molecule has 0 atom stereocenters. The number of hydrogen-bond acceptors (Lipinski definition) is 5. The van der Waals surface area contributed by atoms with Crippen LogP contribution in [-0.2, 0) is 11.2 Å². The second-order valence-electron chi connectivity index (χ2n) is 6.19. The molecule has 2 aromatic rings. The summed E-state index contributed by atoms with van der Waals surface area (Å²) in [5.74, 6) is -0.768. The van der Waals surface area contributed by atoms with Crippen LogP contribution in [0.3, 0.4) is 0 Å². The van der Waals surface area contributed by atoms with Crippen molar-refractivity contribution in [2.24, 2.45) is 0 Å². The van der Waals surface area contributed by atoms with Crippen LogP contribution in [0.2, 0.25) is 0 Å². The van der Waals surface area contributed by atoms with Crippen molar-refractivity contribution in [1.29, 1.82) is 0 Å². The summed E-state index contributed by atoms with van der Waals surface area (Å²) >= 11 is 0. The minimum atomic E-state index is -4.77. The number of nitrogens with zero attached hydrogens (tertiary/aromatic N) is 2. The SMILES string of the molecule is O=C(CN1CCCc2cc(OC(F)(F)F)ccc21)Nc1ccccc1[N+](=O)[O-]. The van der Waals surface area contributed by atoms with Crippen LogP contribution in [0.25, 0.3) is 0 Å². The lowest BCUT2D eigenvalue weighted by atomic mass is 10.0. The molecule has 0 spiro atoms. The highest BCUT2D eigenvalue weighted by Crippen LogP contribution is 2.32. The number of fused-ring (bicyclic) bond motifs is 1. The highest BCUT2D eigenvalue weighted by atomic mass is 19.4. The number of ether oxygens (including phenoxy) is 1. The average molecular weight is 395 g/mol. The van der Waals surface area contributed by atoms with Gasteiger partial charge >= 0.3 is 6.36 Å². The highest BCUT2D eigenvalue weighted by molar-refractivity contribution is 5.96. The lowest BCUT2D eigenvalue weighted by Gasteiger charge is -2.31. The Morgan fingerprint density at radius 3 is 2.71 bits per heavy atom. The fourth-order valence-corrected chi connectivity index (χ4v) is 3.11. The Labute approximate surface area is 157 Å². The summed E-state index contributed by atoms with van der Waals surface area (Å²) < 4.78 is 41.1. The first kappa shape index (κ1) is 19.5. The first-order chi connectivity index (χ1) is 13.2. The van der Waals surface area contributed by atoms with E-state index in [-0.39, 0.29) is 23.7 Å². The Bertz CT molecular complexity index is 902. The first-order valence-electron chi connectivity index (χ1n) is 8.40. The van der Waals surface area contributed by atoms with Crippen molar-refractivity contribution in [2.45, 2.75) is 19.2 Å². The Kier molecular flexibility index (Phi) is 5.39. The van der Waals surface area contributed by atoms with Crippen molar-refractivity contribution in [1.82, 2.24) is 0 Å². The van der Waals surface area contributed by atoms with Crippen LogP contribution in [0, 0.1) is 10.1 Å². The van der Waals surface area contributed by atoms with Gasteiger partial charge in [0.1, 0.15) is 11.4 Å². The van der Waals surface area contributed by atoms with Gasteiger partial charge in [0.15, 0.2) is 0 Å². The minimum Gasteiger partial charge on any atom is -0.406 e. The third-order valence-electron chi connectivity index (χ3n) is 4.21. The lowest BCUT2D eigenvalue weighted by molar-refractivity contribution is -0.383. The smallest absolute Gasteiger partial charge is 0.406 e. The molecule has 10 heteroatoms. The van der Waals surface area contributed by atoms with Gasteiger partial charge in [-0.25, -0.2) is 0 Å². The average Bonchev–Trinajstić information content (AvgIpc) is 2.60. The summed E-state index contributed by atoms with van der Waals surface area (Å²) in [5, 5.41) is 13.6. The molecule has 0 aromatic heterocycles. The molecule has 148 valence electrons. The maximum atomic E-state index is 12.4. The molecule has 2 aromatic carbocycles. The van der Waals surface area contributed by atoms with Gasteiger partial charge in [-0.05, 0) is 42.7 Å². The Morgan fingerprint density at radius 1 is 1.25 bits per heavy atom. The number of benzene rings is 2. The number of alkyl halides is 3. The quantitative estimate of drug-likeness (QED) is 0.613. The van der Waals surface area contributed by atoms with Crippen molar-refractivity contribution in [3.05, 3.63) is 58.1 Å². The molecule has 0 aliphatic carbocycles. The van der Waals surface area contributed by atoms with Crippen LogP contribution in [0.1, 0.15) is 12.0 Å². The predicted molar refractivity (Wildman–Crippen MR) is 95.4 cm³/mol. The number of halogens is 3. The van der Waals surface area contributed by atoms with E-state index >= 15 is 0 Å². The third kappa shape index (κ3) is 4.70. The van der Waals surface area contributed by atoms with E-state index in [2.05, 4.69) is 10.1 Å². The molecule has 0 fully saturated rings. The van der Waals surface area contributed by atoms with E-state index in [4.69, 9.17) is 0 Å². The molecule has 3 rings (SSSR count). The van der Waals surface area contributed by atoms with Crippen LogP contribution >= 0.6 is 0 Å². The fourth-order valence-electron chi connectivity index (χ4n) is 3.11. The van der Waals surface area contributed by atoms with Gasteiger partial charge in [-0.2, -0.15) is 0 Å². The van der Waals surface area contributed by atoms with Gasteiger partial charge in [0.2, 0.25) is 5.91 Å². The maximum Gasteiger partial charge on any atom is 0.573 e. The number of carbonyl (C=O) groups is 1. The second kappa shape index (κ2) is 7.75. The highest BCUT2D eigenvalue weighted by Gasteiger charge is 2.31. The second-order valence-corrected chi connectivity index (χ2v) is 6.19. The van der Waals surface area contributed by atoms with E-state index in [1.54, 1.807) is 11.0 Å². The molecule has 1 aliphatic heterocycles. The van der Waals surface area contributed by atoms with Gasteiger partial charge in [-0.3, -0.25) is 14.9 Å². The zero-order valence-corrected chi connectivity index (χ0v) is 14.5. The maximum absolute atomic E-state index is 12.4. The molecule has 0 unspecified atom stereocenters. The van der Waals surface area contributed by atoms with Crippen molar-refractivity contribution in [3.63, 3.8) is 0 Å². The first-order valence-corrected chi connectivity index (χ1v) is 8.40. The molecule has 0 radical (unpaired) electrons. The summed E-state index contributed by atoms with van der Waals surface area (Å²) in [6.45, 7) is 0.454. The summed E-state index contributed by atoms with van der Waals surface area (Å²) in [4.78, 5) is 24.5. The molecule has 7 nitrogen and oxygen atoms in total. The van der Waals surface area contributed by atoms with E-state index in [0.717, 1.165) is 0 Å². The van der Waals surface area contributed by atoms with Crippen molar-refractivity contribution in [3.8, 4) is 5.75 Å². The standard InChI is InChI=1S/C18H16F3N3O4/c19-18(20,21)28-13-7-8-15-12(10-13)4-3-9-23(15)11-17(25)22-14-5-1-2-6-16(14)24(26)27/h1-2,5-8,10H,3-4,9,11H2,(H,22,25). The zero-order valence-electron chi connectivity index (χ0n) is 14.5. The van der Waals surface area contributed by atoms with E-state index in [9.17, 15) is 28.1 Å². The van der Waals surface area contributed by atoms with Crippen molar-refractivity contribution >= 4 is 23.0 Å². The van der Waals surface area contributed by atoms with Gasteiger partial charge < -0.3 is 15.0 Å². The van der Waals surface area contributed by atoms with Gasteiger partial charge in [0.25, 0.3) is 5.69 Å². The largest absolute Gasteiger partial charge is 0.573 e. The number of nitro groups is 1. The Morgan fingerprint density at radius 2 is 2.00 bits per heavy atom. The summed E-state index contributed by atoms with van der Waals surface area (Å²) in [7, 11) is 0. The molecular weight excluding hydrogens is 379 g/mol. The van der Waals surface area contributed by atoms with Crippen LogP contribution < -0.4 is 15.0 Å². The summed E-state index contributed by atoms with van der Waals surface area (Å²) in [6.07, 6.45) is -3.55. The van der Waals surface area contributed by atoms with E-state index < -0.39 is 17.2 Å². The van der Waals surface area contributed by atoms with E-state index in [1.165, 1.54) is 36.4 Å². The molecule has 0 bridgehead atoms. The number of aryl methyl sites for hydroxylation is 1. The van der Waals surface area contributed by atoms with Crippen molar-refractivity contribution in [2.75, 3.05) is 23.3 Å². The fraction of sp³-hybridized carbons (Fsp3) is 0.278. The molecule has 0 saturated carbocycles. The summed E-state index contributed by atoms with van der Waals surface area (Å²) in [5.41, 5.74) is 1.15. The number of amides is 1. The Balaban J connectivity index is 1.73. The number of anilines is 2. The molecule has 0 saturated heterocycles. The molecule has 1 heterocycles. The molecule has 1 N–H and O–H groups in total. The van der Waals surface area contributed by atoms with E-state index in [1.807, 2.05) is 0 Å². The number of hydrogen-bond donors (Lipinski definition) is 1. The predicted octanol–water partition coefficient (Wildman–Crippen LogP) is 3.88. The molecular formula is C18H16F3N3O4. The van der Waals surface area contributed by atoms with Gasteiger partial charge in [-0.1, -0.05) is 12.1 Å². The zero-order chi connectivity index (χ0) is 20.3.